The van der Waals surface area contributed by atoms with Crippen molar-refractivity contribution in [1.29, 1.82) is 0 Å². The van der Waals surface area contributed by atoms with E-state index in [4.69, 9.17) is 4.74 Å². The van der Waals surface area contributed by atoms with Crippen molar-refractivity contribution in [3.8, 4) is 5.75 Å². The number of nitrogens with zero attached hydrogens (tertiary/aromatic N) is 1. The van der Waals surface area contributed by atoms with Crippen LogP contribution in [0.2, 0.25) is 0 Å². The van der Waals surface area contributed by atoms with Gasteiger partial charge in [0.05, 0.1) is 7.11 Å². The van der Waals surface area contributed by atoms with Gasteiger partial charge in [0.25, 0.3) is 0 Å². The SMILES string of the molecule is CN=C(NCc1cc(C)cc(OC)c1)NC1CCCCC1. The normalized spacial score (nSPS) is 16.6. The highest BCUT2D eigenvalue weighted by Crippen LogP contribution is 2.18. The zero-order chi connectivity index (χ0) is 15.1. The molecule has 2 rings (SSSR count). The van der Waals surface area contributed by atoms with Crippen LogP contribution in [0.15, 0.2) is 23.2 Å². The van der Waals surface area contributed by atoms with Gasteiger partial charge in [0.15, 0.2) is 5.96 Å². The molecule has 4 heteroatoms. The Kier molecular flexibility index (Phi) is 5.90. The van der Waals surface area contributed by atoms with Crippen molar-refractivity contribution < 1.29 is 4.74 Å². The van der Waals surface area contributed by atoms with E-state index in [0.29, 0.717) is 6.04 Å². The molecule has 1 aliphatic rings. The Hall–Kier alpha value is -1.71. The lowest BCUT2D eigenvalue weighted by Gasteiger charge is -2.25. The molecule has 0 aromatic heterocycles. The first-order chi connectivity index (χ1) is 10.2. The number of aryl methyl sites for hydroxylation is 1. The fraction of sp³-hybridized carbons (Fsp3) is 0.588. The van der Waals surface area contributed by atoms with E-state index < -0.39 is 0 Å². The minimum Gasteiger partial charge on any atom is -0.497 e. The van der Waals surface area contributed by atoms with Gasteiger partial charge in [-0.05, 0) is 43.0 Å². The molecule has 1 aliphatic carbocycles. The van der Waals surface area contributed by atoms with Crippen LogP contribution in [0.3, 0.4) is 0 Å². The molecule has 1 aromatic rings. The topological polar surface area (TPSA) is 45.7 Å². The van der Waals surface area contributed by atoms with Crippen molar-refractivity contribution in [1.82, 2.24) is 10.6 Å². The van der Waals surface area contributed by atoms with Gasteiger partial charge in [0, 0.05) is 19.6 Å². The molecule has 116 valence electrons. The third-order valence-corrected chi connectivity index (χ3v) is 3.98. The first-order valence-electron chi connectivity index (χ1n) is 7.83. The molecule has 0 atom stereocenters. The minimum atomic E-state index is 0.567. The molecular formula is C17H27N3O. The van der Waals surface area contributed by atoms with E-state index in [0.717, 1.165) is 18.3 Å². The number of methoxy groups -OCH3 is 1. The Labute approximate surface area is 128 Å². The highest BCUT2D eigenvalue weighted by Gasteiger charge is 2.14. The zero-order valence-corrected chi connectivity index (χ0v) is 13.4. The first-order valence-corrected chi connectivity index (χ1v) is 7.83. The summed E-state index contributed by atoms with van der Waals surface area (Å²) in [4.78, 5) is 4.33. The van der Waals surface area contributed by atoms with Crippen molar-refractivity contribution in [3.05, 3.63) is 29.3 Å². The Morgan fingerprint density at radius 3 is 2.67 bits per heavy atom. The molecule has 1 fully saturated rings. The number of hydrogen-bond donors (Lipinski definition) is 2. The Balaban J connectivity index is 1.89. The molecule has 1 aromatic carbocycles. The van der Waals surface area contributed by atoms with Crippen molar-refractivity contribution in [3.63, 3.8) is 0 Å². The predicted octanol–water partition coefficient (Wildman–Crippen LogP) is 3.00. The molecule has 4 nitrogen and oxygen atoms in total. The van der Waals surface area contributed by atoms with Crippen LogP contribution in [0.4, 0.5) is 0 Å². The monoisotopic (exact) mass is 289 g/mol. The maximum atomic E-state index is 5.32. The van der Waals surface area contributed by atoms with Crippen LogP contribution in [-0.2, 0) is 6.54 Å². The van der Waals surface area contributed by atoms with Crippen LogP contribution < -0.4 is 15.4 Å². The summed E-state index contributed by atoms with van der Waals surface area (Å²) < 4.78 is 5.32. The fourth-order valence-corrected chi connectivity index (χ4v) is 2.87. The van der Waals surface area contributed by atoms with Crippen LogP contribution in [0.1, 0.15) is 43.2 Å². The molecule has 0 heterocycles. The summed E-state index contributed by atoms with van der Waals surface area (Å²) >= 11 is 0. The highest BCUT2D eigenvalue weighted by atomic mass is 16.5. The van der Waals surface area contributed by atoms with E-state index in [2.05, 4.69) is 34.7 Å². The van der Waals surface area contributed by atoms with Gasteiger partial charge in [-0.3, -0.25) is 4.99 Å². The molecular weight excluding hydrogens is 262 g/mol. The molecule has 2 N–H and O–H groups in total. The van der Waals surface area contributed by atoms with E-state index in [9.17, 15) is 0 Å². The molecule has 0 spiro atoms. The first kappa shape index (κ1) is 15.7. The van der Waals surface area contributed by atoms with Crippen LogP contribution in [0, 0.1) is 6.92 Å². The number of benzene rings is 1. The number of ether oxygens (including phenoxy) is 1. The average Bonchev–Trinajstić information content (AvgIpc) is 2.51. The summed E-state index contributed by atoms with van der Waals surface area (Å²) in [6.07, 6.45) is 6.51. The van der Waals surface area contributed by atoms with Crippen LogP contribution in [-0.4, -0.2) is 26.2 Å². The quantitative estimate of drug-likeness (QED) is 0.661. The van der Waals surface area contributed by atoms with E-state index in [-0.39, 0.29) is 0 Å². The molecule has 0 amide bonds. The molecule has 1 saturated carbocycles. The fourth-order valence-electron chi connectivity index (χ4n) is 2.87. The second-order valence-corrected chi connectivity index (χ2v) is 5.76. The lowest BCUT2D eigenvalue weighted by atomic mass is 9.96. The largest absolute Gasteiger partial charge is 0.497 e. The standard InChI is InChI=1S/C17H27N3O/c1-13-9-14(11-16(10-13)21-3)12-19-17(18-2)20-15-7-5-4-6-8-15/h9-11,15H,4-8,12H2,1-3H3,(H2,18,19,20). The number of aliphatic imine (C=N–C) groups is 1. The lowest BCUT2D eigenvalue weighted by Crippen LogP contribution is -2.43. The molecule has 0 radical (unpaired) electrons. The van der Waals surface area contributed by atoms with E-state index >= 15 is 0 Å². The van der Waals surface area contributed by atoms with E-state index in [1.807, 2.05) is 13.1 Å². The van der Waals surface area contributed by atoms with Gasteiger partial charge in [-0.1, -0.05) is 25.3 Å². The van der Waals surface area contributed by atoms with Gasteiger partial charge < -0.3 is 15.4 Å². The van der Waals surface area contributed by atoms with Gasteiger partial charge in [0.2, 0.25) is 0 Å². The summed E-state index contributed by atoms with van der Waals surface area (Å²) in [7, 11) is 3.53. The Bertz CT molecular complexity index is 479. The maximum Gasteiger partial charge on any atom is 0.191 e. The summed E-state index contributed by atoms with van der Waals surface area (Å²) in [6.45, 7) is 2.84. The lowest BCUT2D eigenvalue weighted by molar-refractivity contribution is 0.409. The van der Waals surface area contributed by atoms with E-state index in [1.165, 1.54) is 43.2 Å². The molecule has 21 heavy (non-hydrogen) atoms. The average molecular weight is 289 g/mol. The smallest absolute Gasteiger partial charge is 0.191 e. The summed E-state index contributed by atoms with van der Waals surface area (Å²) in [5, 5.41) is 6.92. The number of hydrogen-bond acceptors (Lipinski definition) is 2. The second-order valence-electron chi connectivity index (χ2n) is 5.76. The van der Waals surface area contributed by atoms with Crippen molar-refractivity contribution >= 4 is 5.96 Å². The van der Waals surface area contributed by atoms with Gasteiger partial charge in [-0.25, -0.2) is 0 Å². The van der Waals surface area contributed by atoms with Gasteiger partial charge in [-0.2, -0.15) is 0 Å². The van der Waals surface area contributed by atoms with Crippen molar-refractivity contribution in [2.45, 2.75) is 51.6 Å². The van der Waals surface area contributed by atoms with Crippen molar-refractivity contribution in [2.75, 3.05) is 14.2 Å². The van der Waals surface area contributed by atoms with Crippen LogP contribution in [0.5, 0.6) is 5.75 Å². The van der Waals surface area contributed by atoms with Gasteiger partial charge in [0.1, 0.15) is 5.75 Å². The summed E-state index contributed by atoms with van der Waals surface area (Å²) in [5.74, 6) is 1.80. The molecule has 0 saturated heterocycles. The number of nitrogens with one attached hydrogen (secondary N) is 2. The van der Waals surface area contributed by atoms with Crippen LogP contribution >= 0.6 is 0 Å². The molecule has 0 bridgehead atoms. The summed E-state index contributed by atoms with van der Waals surface area (Å²) in [5.41, 5.74) is 2.42. The molecule has 0 unspecified atom stereocenters. The Morgan fingerprint density at radius 1 is 1.24 bits per heavy atom. The third-order valence-electron chi connectivity index (χ3n) is 3.98. The van der Waals surface area contributed by atoms with Gasteiger partial charge in [-0.15, -0.1) is 0 Å². The second kappa shape index (κ2) is 7.91. The number of guanidine groups is 1. The number of rotatable bonds is 4. The predicted molar refractivity (Wildman–Crippen MR) is 87.9 cm³/mol. The summed E-state index contributed by atoms with van der Waals surface area (Å²) in [6, 6.07) is 6.84. The van der Waals surface area contributed by atoms with Gasteiger partial charge >= 0.3 is 0 Å². The third kappa shape index (κ3) is 4.96. The molecule has 0 aliphatic heterocycles. The van der Waals surface area contributed by atoms with E-state index in [1.54, 1.807) is 7.11 Å². The van der Waals surface area contributed by atoms with Crippen LogP contribution in [0.25, 0.3) is 0 Å². The Morgan fingerprint density at radius 2 is 2.00 bits per heavy atom. The van der Waals surface area contributed by atoms with Crippen molar-refractivity contribution in [2.24, 2.45) is 4.99 Å². The zero-order valence-electron chi connectivity index (χ0n) is 13.4. The maximum absolute atomic E-state index is 5.32. The minimum absolute atomic E-state index is 0.567. The highest BCUT2D eigenvalue weighted by molar-refractivity contribution is 5.79.